The van der Waals surface area contributed by atoms with Gasteiger partial charge < -0.3 is 15.3 Å². The highest BCUT2D eigenvalue weighted by Gasteiger charge is 2.23. The van der Waals surface area contributed by atoms with Crippen LogP contribution in [0, 0.1) is 0 Å². The fourth-order valence-electron chi connectivity index (χ4n) is 2.43. The van der Waals surface area contributed by atoms with Crippen LogP contribution in [-0.4, -0.2) is 35.2 Å². The zero-order chi connectivity index (χ0) is 13.0. The van der Waals surface area contributed by atoms with E-state index in [0.29, 0.717) is 25.2 Å². The smallest absolute Gasteiger partial charge is 0.407 e. The molecule has 18 heavy (non-hydrogen) atoms. The molecule has 1 atom stereocenters. The van der Waals surface area contributed by atoms with E-state index in [0.717, 1.165) is 12.8 Å². The molecule has 1 aromatic carbocycles. The predicted molar refractivity (Wildman–Crippen MR) is 70.6 cm³/mol. The number of likely N-dealkylation sites (tertiary alicyclic amines) is 1. The van der Waals surface area contributed by atoms with E-state index in [4.69, 9.17) is 5.11 Å². The van der Waals surface area contributed by atoms with Crippen LogP contribution >= 0.6 is 0 Å². The van der Waals surface area contributed by atoms with Crippen LogP contribution in [0.3, 0.4) is 0 Å². The van der Waals surface area contributed by atoms with Crippen LogP contribution in [0.4, 0.5) is 4.79 Å². The van der Waals surface area contributed by atoms with Gasteiger partial charge in [-0.15, -0.1) is 0 Å². The molecule has 1 heterocycles. The van der Waals surface area contributed by atoms with Crippen molar-refractivity contribution in [2.75, 3.05) is 13.1 Å². The quantitative estimate of drug-likeness (QED) is 0.864. The van der Waals surface area contributed by atoms with Crippen LogP contribution in [0.25, 0.3) is 0 Å². The van der Waals surface area contributed by atoms with Gasteiger partial charge in [0.25, 0.3) is 0 Å². The molecule has 2 rings (SSSR count). The maximum Gasteiger partial charge on any atom is 0.407 e. The maximum atomic E-state index is 10.8. The lowest BCUT2D eigenvalue weighted by Gasteiger charge is -2.32. The summed E-state index contributed by atoms with van der Waals surface area (Å²) in [5.41, 5.74) is 1.28. The van der Waals surface area contributed by atoms with Crippen LogP contribution in [0.1, 0.15) is 31.4 Å². The third-order valence-corrected chi connectivity index (χ3v) is 3.55. The molecule has 1 unspecified atom stereocenters. The first kappa shape index (κ1) is 12.9. The first-order chi connectivity index (χ1) is 8.66. The second-order valence-corrected chi connectivity index (χ2v) is 4.84. The zero-order valence-corrected chi connectivity index (χ0v) is 10.7. The molecule has 2 N–H and O–H groups in total. The monoisotopic (exact) mass is 248 g/mol. The maximum absolute atomic E-state index is 10.8. The Morgan fingerprint density at radius 3 is 2.50 bits per heavy atom. The highest BCUT2D eigenvalue weighted by atomic mass is 16.4. The van der Waals surface area contributed by atoms with E-state index in [-0.39, 0.29) is 0 Å². The van der Waals surface area contributed by atoms with Gasteiger partial charge in [-0.3, -0.25) is 0 Å². The third kappa shape index (κ3) is 3.23. The first-order valence-corrected chi connectivity index (χ1v) is 6.45. The molecule has 1 saturated heterocycles. The molecule has 98 valence electrons. The zero-order valence-electron chi connectivity index (χ0n) is 10.7. The average Bonchev–Trinajstić information content (AvgIpc) is 2.40. The molecule has 1 amide bonds. The summed E-state index contributed by atoms with van der Waals surface area (Å²) in [6.45, 7) is 3.42. The van der Waals surface area contributed by atoms with Gasteiger partial charge in [0, 0.05) is 25.2 Å². The number of carboxylic acid groups (broad SMARTS) is 1. The van der Waals surface area contributed by atoms with Gasteiger partial charge in [-0.05, 0) is 25.3 Å². The molecule has 1 aliphatic rings. The lowest BCUT2D eigenvalue weighted by atomic mass is 10.0. The van der Waals surface area contributed by atoms with E-state index >= 15 is 0 Å². The highest BCUT2D eigenvalue weighted by Crippen LogP contribution is 2.17. The predicted octanol–water partition coefficient (Wildman–Crippen LogP) is 2.48. The van der Waals surface area contributed by atoms with Crippen molar-refractivity contribution in [2.24, 2.45) is 0 Å². The number of rotatable bonds is 3. The van der Waals surface area contributed by atoms with E-state index in [2.05, 4.69) is 24.4 Å². The van der Waals surface area contributed by atoms with Crippen LogP contribution in [-0.2, 0) is 0 Å². The van der Waals surface area contributed by atoms with Gasteiger partial charge in [-0.25, -0.2) is 4.79 Å². The number of hydrogen-bond acceptors (Lipinski definition) is 2. The lowest BCUT2D eigenvalue weighted by molar-refractivity contribution is 0.128. The number of nitrogens with one attached hydrogen (secondary N) is 1. The van der Waals surface area contributed by atoms with Gasteiger partial charge in [0.1, 0.15) is 0 Å². The minimum atomic E-state index is -0.801. The van der Waals surface area contributed by atoms with Crippen molar-refractivity contribution in [2.45, 2.75) is 31.8 Å². The molecule has 0 bridgehead atoms. The Kier molecular flexibility index (Phi) is 4.20. The Balaban J connectivity index is 1.83. The van der Waals surface area contributed by atoms with Gasteiger partial charge >= 0.3 is 6.09 Å². The van der Waals surface area contributed by atoms with Gasteiger partial charge in [-0.1, -0.05) is 30.3 Å². The highest BCUT2D eigenvalue weighted by molar-refractivity contribution is 5.65. The van der Waals surface area contributed by atoms with E-state index in [1.165, 1.54) is 10.5 Å². The molecule has 1 fully saturated rings. The van der Waals surface area contributed by atoms with Crippen molar-refractivity contribution < 1.29 is 9.90 Å². The molecule has 4 heteroatoms. The molecule has 0 aromatic heterocycles. The number of carbonyl (C=O) groups is 1. The second kappa shape index (κ2) is 5.87. The summed E-state index contributed by atoms with van der Waals surface area (Å²) in [7, 11) is 0. The summed E-state index contributed by atoms with van der Waals surface area (Å²) in [6.07, 6.45) is 0.983. The van der Waals surface area contributed by atoms with Crippen molar-refractivity contribution in [3.05, 3.63) is 35.9 Å². The number of benzene rings is 1. The number of amides is 1. The fraction of sp³-hybridized carbons (Fsp3) is 0.500. The van der Waals surface area contributed by atoms with Crippen LogP contribution < -0.4 is 5.32 Å². The number of piperidine rings is 1. The summed E-state index contributed by atoms with van der Waals surface area (Å²) < 4.78 is 0. The molecule has 0 spiro atoms. The SMILES string of the molecule is CC(NC1CCN(C(=O)O)CC1)c1ccccc1. The van der Waals surface area contributed by atoms with Gasteiger partial charge in [-0.2, -0.15) is 0 Å². The second-order valence-electron chi connectivity index (χ2n) is 4.84. The Bertz CT molecular complexity index is 386. The summed E-state index contributed by atoms with van der Waals surface area (Å²) in [6, 6.07) is 11.1. The molecular formula is C14H20N2O2. The molecule has 1 aromatic rings. The molecule has 4 nitrogen and oxygen atoms in total. The van der Waals surface area contributed by atoms with E-state index in [1.54, 1.807) is 0 Å². The van der Waals surface area contributed by atoms with Gasteiger partial charge in [0.15, 0.2) is 0 Å². The van der Waals surface area contributed by atoms with E-state index in [1.807, 2.05) is 18.2 Å². The molecule has 0 saturated carbocycles. The normalized spacial score (nSPS) is 18.6. The summed E-state index contributed by atoms with van der Waals surface area (Å²) in [4.78, 5) is 12.3. The topological polar surface area (TPSA) is 52.6 Å². The van der Waals surface area contributed by atoms with Gasteiger partial charge in [0.2, 0.25) is 0 Å². The number of nitrogens with zero attached hydrogens (tertiary/aromatic N) is 1. The van der Waals surface area contributed by atoms with Crippen molar-refractivity contribution in [3.8, 4) is 0 Å². The van der Waals surface area contributed by atoms with Crippen molar-refractivity contribution >= 4 is 6.09 Å². The summed E-state index contributed by atoms with van der Waals surface area (Å²) in [5, 5.41) is 12.5. The Labute approximate surface area is 108 Å². The minimum absolute atomic E-state index is 0.313. The molecular weight excluding hydrogens is 228 g/mol. The van der Waals surface area contributed by atoms with Crippen LogP contribution in [0.2, 0.25) is 0 Å². The Morgan fingerprint density at radius 1 is 1.33 bits per heavy atom. The first-order valence-electron chi connectivity index (χ1n) is 6.45. The van der Waals surface area contributed by atoms with E-state index in [9.17, 15) is 4.79 Å². The largest absolute Gasteiger partial charge is 0.465 e. The lowest BCUT2D eigenvalue weighted by Crippen LogP contribution is -2.45. The minimum Gasteiger partial charge on any atom is -0.465 e. The van der Waals surface area contributed by atoms with Crippen LogP contribution in [0.5, 0.6) is 0 Å². The Hall–Kier alpha value is -1.55. The van der Waals surface area contributed by atoms with Crippen molar-refractivity contribution in [1.29, 1.82) is 0 Å². The van der Waals surface area contributed by atoms with Crippen molar-refractivity contribution in [3.63, 3.8) is 0 Å². The fourth-order valence-corrected chi connectivity index (χ4v) is 2.43. The molecule has 0 radical (unpaired) electrons. The third-order valence-electron chi connectivity index (χ3n) is 3.55. The van der Waals surface area contributed by atoms with Gasteiger partial charge in [0.05, 0.1) is 0 Å². The van der Waals surface area contributed by atoms with Crippen LogP contribution in [0.15, 0.2) is 30.3 Å². The number of hydrogen-bond donors (Lipinski definition) is 2. The Morgan fingerprint density at radius 2 is 1.94 bits per heavy atom. The average molecular weight is 248 g/mol. The molecule has 0 aliphatic carbocycles. The molecule has 1 aliphatic heterocycles. The standard InChI is InChI=1S/C14H20N2O2/c1-11(12-5-3-2-4-6-12)15-13-7-9-16(10-8-13)14(17)18/h2-6,11,13,15H,7-10H2,1H3,(H,17,18). The van der Waals surface area contributed by atoms with Crippen molar-refractivity contribution in [1.82, 2.24) is 10.2 Å². The summed E-state index contributed by atoms with van der Waals surface area (Å²) >= 11 is 0. The summed E-state index contributed by atoms with van der Waals surface area (Å²) in [5.74, 6) is 0. The van der Waals surface area contributed by atoms with E-state index < -0.39 is 6.09 Å².